The third-order valence-electron chi connectivity index (χ3n) is 5.14. The summed E-state index contributed by atoms with van der Waals surface area (Å²) < 4.78 is 11.6. The Hall–Kier alpha value is -2.11. The fourth-order valence-electron chi connectivity index (χ4n) is 3.74. The van der Waals surface area contributed by atoms with Crippen LogP contribution in [0.25, 0.3) is 11.1 Å². The standard InChI is InChI=1S/C21H26N2O3/c24-15-20-11-17-10-16(4-5-21(17)26-20)18-12-19(14-22-13-18)25-9-3-8-23-6-1-2-7-23/h4-5,10,12-14,20,24H,1-3,6-9,11,15H2. The van der Waals surface area contributed by atoms with Crippen molar-refractivity contribution in [1.82, 2.24) is 9.88 Å². The van der Waals surface area contributed by atoms with Crippen LogP contribution in [0.1, 0.15) is 24.8 Å². The molecule has 0 saturated carbocycles. The number of pyridine rings is 1. The summed E-state index contributed by atoms with van der Waals surface area (Å²) in [6.45, 7) is 4.35. The summed E-state index contributed by atoms with van der Waals surface area (Å²) in [4.78, 5) is 6.84. The Morgan fingerprint density at radius 2 is 2.04 bits per heavy atom. The minimum atomic E-state index is -0.122. The number of ether oxygens (including phenoxy) is 2. The van der Waals surface area contributed by atoms with Crippen LogP contribution in [-0.4, -0.2) is 53.9 Å². The van der Waals surface area contributed by atoms with Gasteiger partial charge < -0.3 is 19.5 Å². The van der Waals surface area contributed by atoms with Gasteiger partial charge in [-0.05, 0) is 61.7 Å². The lowest BCUT2D eigenvalue weighted by atomic mass is 10.0. The zero-order chi connectivity index (χ0) is 17.8. The normalized spacial score (nSPS) is 19.3. The molecule has 138 valence electrons. The highest BCUT2D eigenvalue weighted by atomic mass is 16.5. The molecular weight excluding hydrogens is 328 g/mol. The molecule has 2 aliphatic heterocycles. The second-order valence-corrected chi connectivity index (χ2v) is 7.11. The molecule has 1 atom stereocenters. The van der Waals surface area contributed by atoms with Gasteiger partial charge in [-0.1, -0.05) is 6.07 Å². The van der Waals surface area contributed by atoms with E-state index in [0.717, 1.165) is 54.2 Å². The Bertz CT molecular complexity index is 744. The molecule has 1 N–H and O–H groups in total. The zero-order valence-corrected chi connectivity index (χ0v) is 15.1. The van der Waals surface area contributed by atoms with Gasteiger partial charge in [0.1, 0.15) is 17.6 Å². The fourth-order valence-corrected chi connectivity index (χ4v) is 3.74. The summed E-state index contributed by atoms with van der Waals surface area (Å²) in [7, 11) is 0. The molecule has 4 rings (SSSR count). The molecule has 0 bridgehead atoms. The first-order chi connectivity index (χ1) is 12.8. The first kappa shape index (κ1) is 17.3. The highest BCUT2D eigenvalue weighted by molar-refractivity contribution is 5.66. The molecule has 1 aromatic carbocycles. The number of hydrogen-bond donors (Lipinski definition) is 1. The van der Waals surface area contributed by atoms with Gasteiger partial charge in [0.15, 0.2) is 0 Å². The molecule has 1 saturated heterocycles. The molecule has 5 heteroatoms. The van der Waals surface area contributed by atoms with E-state index in [4.69, 9.17) is 9.47 Å². The summed E-state index contributed by atoms with van der Waals surface area (Å²) in [5.74, 6) is 1.68. The summed E-state index contributed by atoms with van der Waals surface area (Å²) >= 11 is 0. The van der Waals surface area contributed by atoms with Crippen LogP contribution in [0.4, 0.5) is 0 Å². The molecule has 5 nitrogen and oxygen atoms in total. The number of rotatable bonds is 7. The van der Waals surface area contributed by atoms with Crippen molar-refractivity contribution in [2.45, 2.75) is 31.8 Å². The van der Waals surface area contributed by atoms with Gasteiger partial charge in [-0.3, -0.25) is 4.98 Å². The van der Waals surface area contributed by atoms with Crippen molar-refractivity contribution in [2.24, 2.45) is 0 Å². The molecule has 1 aromatic heterocycles. The monoisotopic (exact) mass is 354 g/mol. The van der Waals surface area contributed by atoms with Gasteiger partial charge in [0, 0.05) is 24.7 Å². The van der Waals surface area contributed by atoms with Gasteiger partial charge in [0.05, 0.1) is 19.4 Å². The van der Waals surface area contributed by atoms with Crippen LogP contribution >= 0.6 is 0 Å². The highest BCUT2D eigenvalue weighted by Crippen LogP contribution is 2.33. The van der Waals surface area contributed by atoms with Gasteiger partial charge in [-0.15, -0.1) is 0 Å². The van der Waals surface area contributed by atoms with Crippen molar-refractivity contribution in [3.8, 4) is 22.6 Å². The van der Waals surface area contributed by atoms with Crippen molar-refractivity contribution < 1.29 is 14.6 Å². The van der Waals surface area contributed by atoms with Gasteiger partial charge in [0.2, 0.25) is 0 Å². The number of nitrogens with zero attached hydrogens (tertiary/aromatic N) is 2. The lowest BCUT2D eigenvalue weighted by Gasteiger charge is -2.14. The maximum atomic E-state index is 9.28. The Balaban J connectivity index is 1.37. The molecule has 3 heterocycles. The average Bonchev–Trinajstić information content (AvgIpc) is 3.34. The molecule has 26 heavy (non-hydrogen) atoms. The Morgan fingerprint density at radius 3 is 2.88 bits per heavy atom. The first-order valence-electron chi connectivity index (χ1n) is 9.53. The third kappa shape index (κ3) is 4.00. The highest BCUT2D eigenvalue weighted by Gasteiger charge is 2.22. The SMILES string of the molecule is OCC1Cc2cc(-c3cncc(OCCCN4CCCC4)c3)ccc2O1. The first-order valence-corrected chi connectivity index (χ1v) is 9.53. The number of aliphatic hydroxyl groups excluding tert-OH is 1. The number of aromatic nitrogens is 1. The summed E-state index contributed by atoms with van der Waals surface area (Å²) in [6, 6.07) is 8.18. The van der Waals surface area contributed by atoms with Crippen molar-refractivity contribution in [3.63, 3.8) is 0 Å². The van der Waals surface area contributed by atoms with Crippen molar-refractivity contribution in [2.75, 3.05) is 32.8 Å². The molecular formula is C21H26N2O3. The quantitative estimate of drug-likeness (QED) is 0.775. The van der Waals surface area contributed by atoms with E-state index in [1.54, 1.807) is 6.20 Å². The van der Waals surface area contributed by atoms with E-state index in [1.165, 1.54) is 25.9 Å². The zero-order valence-electron chi connectivity index (χ0n) is 15.1. The van der Waals surface area contributed by atoms with Crippen LogP contribution in [0, 0.1) is 0 Å². The van der Waals surface area contributed by atoms with Crippen molar-refractivity contribution in [3.05, 3.63) is 42.2 Å². The summed E-state index contributed by atoms with van der Waals surface area (Å²) in [6.07, 6.45) is 7.97. The molecule has 1 unspecified atom stereocenters. The maximum Gasteiger partial charge on any atom is 0.138 e. The fraction of sp³-hybridized carbons (Fsp3) is 0.476. The molecule has 0 aliphatic carbocycles. The second-order valence-electron chi connectivity index (χ2n) is 7.11. The topological polar surface area (TPSA) is 54.8 Å². The average molecular weight is 354 g/mol. The minimum Gasteiger partial charge on any atom is -0.492 e. The number of fused-ring (bicyclic) bond motifs is 1. The molecule has 0 radical (unpaired) electrons. The smallest absolute Gasteiger partial charge is 0.138 e. The van der Waals surface area contributed by atoms with Gasteiger partial charge in [-0.25, -0.2) is 0 Å². The lowest BCUT2D eigenvalue weighted by molar-refractivity contribution is 0.134. The molecule has 2 aliphatic rings. The van der Waals surface area contributed by atoms with E-state index in [1.807, 2.05) is 24.4 Å². The predicted octanol–water partition coefficient (Wildman–Crippen LogP) is 2.91. The van der Waals surface area contributed by atoms with E-state index in [2.05, 4.69) is 16.0 Å². The number of aliphatic hydroxyl groups is 1. The Kier molecular flexibility index (Phi) is 5.37. The maximum absolute atomic E-state index is 9.28. The van der Waals surface area contributed by atoms with Crippen LogP contribution in [0.5, 0.6) is 11.5 Å². The van der Waals surface area contributed by atoms with Gasteiger partial charge in [0.25, 0.3) is 0 Å². The second kappa shape index (κ2) is 8.06. The van der Waals surface area contributed by atoms with Gasteiger partial charge >= 0.3 is 0 Å². The van der Waals surface area contributed by atoms with Crippen LogP contribution in [0.15, 0.2) is 36.7 Å². The van der Waals surface area contributed by atoms with Crippen LogP contribution < -0.4 is 9.47 Å². The van der Waals surface area contributed by atoms with Crippen molar-refractivity contribution in [1.29, 1.82) is 0 Å². The van der Waals surface area contributed by atoms with E-state index in [-0.39, 0.29) is 12.7 Å². The van der Waals surface area contributed by atoms with E-state index < -0.39 is 0 Å². The van der Waals surface area contributed by atoms with E-state index in [0.29, 0.717) is 0 Å². The van der Waals surface area contributed by atoms with Crippen molar-refractivity contribution >= 4 is 0 Å². The summed E-state index contributed by atoms with van der Waals surface area (Å²) in [5, 5.41) is 9.28. The summed E-state index contributed by atoms with van der Waals surface area (Å²) in [5.41, 5.74) is 3.27. The Morgan fingerprint density at radius 1 is 1.15 bits per heavy atom. The molecule has 0 amide bonds. The molecule has 2 aromatic rings. The van der Waals surface area contributed by atoms with E-state index >= 15 is 0 Å². The molecule has 0 spiro atoms. The largest absolute Gasteiger partial charge is 0.492 e. The third-order valence-corrected chi connectivity index (χ3v) is 5.14. The number of benzene rings is 1. The Labute approximate surface area is 154 Å². The lowest BCUT2D eigenvalue weighted by Crippen LogP contribution is -2.21. The van der Waals surface area contributed by atoms with Crippen LogP contribution in [0.3, 0.4) is 0 Å². The van der Waals surface area contributed by atoms with E-state index in [9.17, 15) is 5.11 Å². The van der Waals surface area contributed by atoms with Crippen LogP contribution in [-0.2, 0) is 6.42 Å². The van der Waals surface area contributed by atoms with Crippen LogP contribution in [0.2, 0.25) is 0 Å². The number of likely N-dealkylation sites (tertiary alicyclic amines) is 1. The minimum absolute atomic E-state index is 0.0479. The molecule has 1 fully saturated rings. The number of hydrogen-bond acceptors (Lipinski definition) is 5. The predicted molar refractivity (Wildman–Crippen MR) is 101 cm³/mol. The van der Waals surface area contributed by atoms with Gasteiger partial charge in [-0.2, -0.15) is 0 Å².